The van der Waals surface area contributed by atoms with E-state index in [0.29, 0.717) is 0 Å². The van der Waals surface area contributed by atoms with E-state index >= 15 is 0 Å². The van der Waals surface area contributed by atoms with Gasteiger partial charge in [-0.2, -0.15) is 5.10 Å². The molecule has 0 aromatic carbocycles. The maximum Gasteiger partial charge on any atom is 0.0784 e. The van der Waals surface area contributed by atoms with Crippen molar-refractivity contribution < 1.29 is 0 Å². The highest BCUT2D eigenvalue weighted by Crippen LogP contribution is 2.22. The normalized spacial score (nSPS) is 12.6. The summed E-state index contributed by atoms with van der Waals surface area (Å²) in [6.07, 6.45) is 7.00. The van der Waals surface area contributed by atoms with E-state index < -0.39 is 0 Å². The average Bonchev–Trinajstić information content (AvgIpc) is 2.86. The Morgan fingerprint density at radius 2 is 2.21 bits per heavy atom. The summed E-state index contributed by atoms with van der Waals surface area (Å²) in [5.74, 6) is 0. The molecule has 2 aromatic heterocycles. The number of rotatable bonds is 6. The van der Waals surface area contributed by atoms with E-state index in [1.165, 1.54) is 11.1 Å². The summed E-state index contributed by atoms with van der Waals surface area (Å²) >= 11 is 0. The predicted octanol–water partition coefficient (Wildman–Crippen LogP) is 2.70. The third-order valence-electron chi connectivity index (χ3n) is 3.17. The molecule has 0 aliphatic carbocycles. The van der Waals surface area contributed by atoms with Crippen molar-refractivity contribution in [2.24, 2.45) is 0 Å². The fourth-order valence-corrected chi connectivity index (χ4v) is 2.26. The van der Waals surface area contributed by atoms with Gasteiger partial charge in [0.1, 0.15) is 0 Å². The van der Waals surface area contributed by atoms with Crippen LogP contribution in [0.5, 0.6) is 0 Å². The minimum Gasteiger partial charge on any atom is -0.305 e. The van der Waals surface area contributed by atoms with Crippen molar-refractivity contribution in [3.05, 3.63) is 47.5 Å². The van der Waals surface area contributed by atoms with Crippen LogP contribution in [0.1, 0.15) is 43.1 Å². The van der Waals surface area contributed by atoms with Gasteiger partial charge < -0.3 is 5.32 Å². The van der Waals surface area contributed by atoms with Crippen LogP contribution in [0.3, 0.4) is 0 Å². The summed E-state index contributed by atoms with van der Waals surface area (Å²) in [5.41, 5.74) is 3.47. The molecule has 4 nitrogen and oxygen atoms in total. The van der Waals surface area contributed by atoms with Gasteiger partial charge in [0.05, 0.1) is 17.9 Å². The maximum absolute atomic E-state index is 4.53. The van der Waals surface area contributed by atoms with Crippen LogP contribution in [0.25, 0.3) is 0 Å². The van der Waals surface area contributed by atoms with E-state index in [1.54, 1.807) is 0 Å². The van der Waals surface area contributed by atoms with Gasteiger partial charge >= 0.3 is 0 Å². The molecular formula is C15H22N4. The highest BCUT2D eigenvalue weighted by atomic mass is 15.3. The molecule has 0 saturated heterocycles. The largest absolute Gasteiger partial charge is 0.305 e. The predicted molar refractivity (Wildman–Crippen MR) is 77.0 cm³/mol. The first-order chi connectivity index (χ1) is 9.26. The number of hydrogen-bond donors (Lipinski definition) is 1. The molecule has 2 aromatic rings. The zero-order valence-corrected chi connectivity index (χ0v) is 11.9. The third-order valence-corrected chi connectivity index (χ3v) is 3.17. The van der Waals surface area contributed by atoms with Gasteiger partial charge in [0.25, 0.3) is 0 Å². The van der Waals surface area contributed by atoms with Gasteiger partial charge in [0.2, 0.25) is 0 Å². The lowest BCUT2D eigenvalue weighted by Gasteiger charge is -2.17. The lowest BCUT2D eigenvalue weighted by molar-refractivity contribution is 0.593. The van der Waals surface area contributed by atoms with Crippen LogP contribution in [0.4, 0.5) is 0 Å². The summed E-state index contributed by atoms with van der Waals surface area (Å²) in [7, 11) is 0. The summed E-state index contributed by atoms with van der Waals surface area (Å²) in [4.78, 5) is 4.53. The van der Waals surface area contributed by atoms with Gasteiger partial charge in [-0.1, -0.05) is 19.9 Å². The monoisotopic (exact) mass is 258 g/mol. The smallest absolute Gasteiger partial charge is 0.0784 e. The molecule has 0 spiro atoms. The Morgan fingerprint density at radius 1 is 1.37 bits per heavy atom. The fourth-order valence-electron chi connectivity index (χ4n) is 2.26. The van der Waals surface area contributed by atoms with Gasteiger partial charge in [-0.15, -0.1) is 0 Å². The molecule has 0 fully saturated rings. The lowest BCUT2D eigenvalue weighted by atomic mass is 10.0. The molecule has 0 bridgehead atoms. The topological polar surface area (TPSA) is 42.7 Å². The first-order valence-corrected chi connectivity index (χ1v) is 6.93. The van der Waals surface area contributed by atoms with E-state index in [4.69, 9.17) is 0 Å². The van der Waals surface area contributed by atoms with E-state index in [2.05, 4.69) is 48.4 Å². The van der Waals surface area contributed by atoms with Crippen molar-refractivity contribution in [3.8, 4) is 0 Å². The van der Waals surface area contributed by atoms with Crippen LogP contribution in [0.2, 0.25) is 0 Å². The van der Waals surface area contributed by atoms with E-state index in [0.717, 1.165) is 25.2 Å². The zero-order valence-electron chi connectivity index (χ0n) is 11.9. The Balaban J connectivity index is 2.31. The molecule has 1 atom stereocenters. The maximum atomic E-state index is 4.53. The van der Waals surface area contributed by atoms with Crippen molar-refractivity contribution in [3.63, 3.8) is 0 Å². The zero-order chi connectivity index (χ0) is 13.7. The van der Waals surface area contributed by atoms with Gasteiger partial charge in [0, 0.05) is 24.5 Å². The van der Waals surface area contributed by atoms with Gasteiger partial charge in [-0.25, -0.2) is 0 Å². The molecule has 2 rings (SSSR count). The number of pyridine rings is 1. The Hall–Kier alpha value is -1.68. The molecular weight excluding hydrogens is 236 g/mol. The number of aryl methyl sites for hydroxylation is 2. The Morgan fingerprint density at radius 3 is 2.89 bits per heavy atom. The second-order valence-electron chi connectivity index (χ2n) is 4.73. The quantitative estimate of drug-likeness (QED) is 0.866. The second kappa shape index (κ2) is 6.48. The van der Waals surface area contributed by atoms with Crippen molar-refractivity contribution >= 4 is 0 Å². The second-order valence-corrected chi connectivity index (χ2v) is 4.73. The molecule has 4 heteroatoms. The molecule has 0 saturated carbocycles. The van der Waals surface area contributed by atoms with Crippen molar-refractivity contribution in [1.29, 1.82) is 0 Å². The Bertz CT molecular complexity index is 518. The molecule has 1 N–H and O–H groups in total. The number of hydrogen-bond acceptors (Lipinski definition) is 3. The minimum atomic E-state index is 0.122. The average molecular weight is 258 g/mol. The Labute approximate surface area is 114 Å². The summed E-state index contributed by atoms with van der Waals surface area (Å²) in [5, 5.41) is 7.91. The molecule has 19 heavy (non-hydrogen) atoms. The van der Waals surface area contributed by atoms with Crippen molar-refractivity contribution in [2.45, 2.75) is 39.8 Å². The first-order valence-electron chi connectivity index (χ1n) is 6.93. The van der Waals surface area contributed by atoms with Crippen molar-refractivity contribution in [1.82, 2.24) is 20.1 Å². The molecule has 0 aliphatic heterocycles. The van der Waals surface area contributed by atoms with Crippen LogP contribution in [-0.4, -0.2) is 21.3 Å². The molecule has 102 valence electrons. The highest BCUT2D eigenvalue weighted by molar-refractivity contribution is 5.29. The minimum absolute atomic E-state index is 0.122. The third kappa shape index (κ3) is 3.20. The summed E-state index contributed by atoms with van der Waals surface area (Å²) < 4.78 is 2.00. The Kier molecular flexibility index (Phi) is 4.68. The van der Waals surface area contributed by atoms with E-state index in [-0.39, 0.29) is 6.04 Å². The van der Waals surface area contributed by atoms with Crippen LogP contribution in [-0.2, 0) is 6.54 Å². The summed E-state index contributed by atoms with van der Waals surface area (Å²) in [6.45, 7) is 8.23. The van der Waals surface area contributed by atoms with Crippen molar-refractivity contribution in [2.75, 3.05) is 6.54 Å². The highest BCUT2D eigenvalue weighted by Gasteiger charge is 2.17. The lowest BCUT2D eigenvalue weighted by Crippen LogP contribution is -2.23. The summed E-state index contributed by atoms with van der Waals surface area (Å²) in [6, 6.07) is 4.20. The number of nitrogens with one attached hydrogen (secondary N) is 1. The van der Waals surface area contributed by atoms with Crippen LogP contribution >= 0.6 is 0 Å². The SMILES string of the molecule is CCCn1cc(C(NCC)c2ncccc2C)cn1. The number of nitrogens with zero attached hydrogens (tertiary/aromatic N) is 3. The first kappa shape index (κ1) is 13.7. The molecule has 0 amide bonds. The molecule has 0 aliphatic rings. The van der Waals surface area contributed by atoms with Crippen LogP contribution in [0, 0.1) is 6.92 Å². The molecule has 2 heterocycles. The molecule has 1 unspecified atom stereocenters. The fraction of sp³-hybridized carbons (Fsp3) is 0.467. The van der Waals surface area contributed by atoms with Gasteiger partial charge in [0.15, 0.2) is 0 Å². The van der Waals surface area contributed by atoms with Crippen LogP contribution < -0.4 is 5.32 Å². The number of aromatic nitrogens is 3. The van der Waals surface area contributed by atoms with Gasteiger partial charge in [-0.05, 0) is 31.5 Å². The van der Waals surface area contributed by atoms with E-state index in [1.807, 2.05) is 23.1 Å². The van der Waals surface area contributed by atoms with Crippen LogP contribution in [0.15, 0.2) is 30.7 Å². The van der Waals surface area contributed by atoms with E-state index in [9.17, 15) is 0 Å². The standard InChI is InChI=1S/C15H22N4/c1-4-9-19-11-13(10-18-19)15(16-5-2)14-12(3)7-6-8-17-14/h6-8,10-11,15-16H,4-5,9H2,1-3H3. The van der Waals surface area contributed by atoms with Gasteiger partial charge in [-0.3, -0.25) is 9.67 Å². The molecule has 0 radical (unpaired) electrons.